The van der Waals surface area contributed by atoms with Crippen LogP contribution in [0.15, 0.2) is 0 Å². The van der Waals surface area contributed by atoms with E-state index in [1.807, 2.05) is 0 Å². The Labute approximate surface area is 88.6 Å². The maximum absolute atomic E-state index is 9.47. The summed E-state index contributed by atoms with van der Waals surface area (Å²) >= 11 is 0. The standard InChI is InChI=1S/C10H16O5/c1-4-6(12)8-9(7(13)5-11)15-10(2,3)14-8/h1,6-9,11-13H,5H2,2-3H3/t6-,7+,8-,9+/m0/s1. The first-order valence-electron chi connectivity index (χ1n) is 4.70. The van der Waals surface area contributed by atoms with Crippen LogP contribution in [0.4, 0.5) is 0 Å². The summed E-state index contributed by atoms with van der Waals surface area (Å²) in [6.07, 6.45) is 1.12. The van der Waals surface area contributed by atoms with Gasteiger partial charge in [-0.15, -0.1) is 6.42 Å². The van der Waals surface area contributed by atoms with Gasteiger partial charge in [0, 0.05) is 0 Å². The number of ether oxygens (including phenoxy) is 2. The molecule has 86 valence electrons. The molecule has 1 rings (SSSR count). The van der Waals surface area contributed by atoms with Crippen molar-refractivity contribution in [2.24, 2.45) is 0 Å². The van der Waals surface area contributed by atoms with Crippen LogP contribution in [-0.4, -0.2) is 52.1 Å². The van der Waals surface area contributed by atoms with E-state index in [1.165, 1.54) is 0 Å². The van der Waals surface area contributed by atoms with Crippen LogP contribution in [0.1, 0.15) is 13.8 Å². The molecule has 0 aliphatic carbocycles. The van der Waals surface area contributed by atoms with E-state index in [-0.39, 0.29) is 0 Å². The van der Waals surface area contributed by atoms with Crippen molar-refractivity contribution in [2.75, 3.05) is 6.61 Å². The van der Waals surface area contributed by atoms with Gasteiger partial charge in [-0.25, -0.2) is 0 Å². The summed E-state index contributed by atoms with van der Waals surface area (Å²) < 4.78 is 10.7. The minimum Gasteiger partial charge on any atom is -0.394 e. The lowest BCUT2D eigenvalue weighted by Crippen LogP contribution is -2.43. The molecule has 1 heterocycles. The molecule has 0 unspecified atom stereocenters. The van der Waals surface area contributed by atoms with E-state index >= 15 is 0 Å². The van der Waals surface area contributed by atoms with Crippen LogP contribution in [-0.2, 0) is 9.47 Å². The zero-order valence-electron chi connectivity index (χ0n) is 8.75. The maximum Gasteiger partial charge on any atom is 0.164 e. The molecule has 0 aromatic carbocycles. The second-order valence-electron chi connectivity index (χ2n) is 3.93. The first-order chi connectivity index (χ1) is 6.91. The van der Waals surface area contributed by atoms with Gasteiger partial charge in [-0.3, -0.25) is 0 Å². The molecule has 0 saturated carbocycles. The molecule has 0 radical (unpaired) electrons. The highest BCUT2D eigenvalue weighted by Crippen LogP contribution is 2.31. The Morgan fingerprint density at radius 2 is 1.87 bits per heavy atom. The maximum atomic E-state index is 9.47. The van der Waals surface area contributed by atoms with Crippen molar-refractivity contribution < 1.29 is 24.8 Å². The molecule has 0 aromatic heterocycles. The molecule has 5 nitrogen and oxygen atoms in total. The van der Waals surface area contributed by atoms with Gasteiger partial charge in [0.15, 0.2) is 5.79 Å². The Morgan fingerprint density at radius 1 is 1.33 bits per heavy atom. The molecule has 0 amide bonds. The summed E-state index contributed by atoms with van der Waals surface area (Å²) in [5.41, 5.74) is 0. The van der Waals surface area contributed by atoms with Crippen molar-refractivity contribution in [3.05, 3.63) is 0 Å². The second kappa shape index (κ2) is 4.47. The van der Waals surface area contributed by atoms with Crippen LogP contribution in [0.5, 0.6) is 0 Å². The molecule has 0 aromatic rings. The zero-order valence-corrected chi connectivity index (χ0v) is 8.75. The lowest BCUT2D eigenvalue weighted by atomic mass is 10.0. The average molecular weight is 216 g/mol. The predicted molar refractivity (Wildman–Crippen MR) is 51.8 cm³/mol. The molecule has 1 fully saturated rings. The third-order valence-corrected chi connectivity index (χ3v) is 2.21. The van der Waals surface area contributed by atoms with E-state index in [9.17, 15) is 10.2 Å². The number of hydrogen-bond acceptors (Lipinski definition) is 5. The van der Waals surface area contributed by atoms with Gasteiger partial charge in [-0.05, 0) is 13.8 Å². The Balaban J connectivity index is 2.80. The van der Waals surface area contributed by atoms with Crippen LogP contribution in [0.2, 0.25) is 0 Å². The third kappa shape index (κ3) is 2.68. The number of rotatable bonds is 3. The van der Waals surface area contributed by atoms with Crippen LogP contribution < -0.4 is 0 Å². The molecular formula is C10H16O5. The SMILES string of the molecule is C#C[C@H](O)[C@@H]1OC(C)(C)O[C@@H]1[C@H](O)CO. The van der Waals surface area contributed by atoms with Gasteiger partial charge in [0.2, 0.25) is 0 Å². The van der Waals surface area contributed by atoms with Gasteiger partial charge < -0.3 is 24.8 Å². The number of hydrogen-bond donors (Lipinski definition) is 3. The van der Waals surface area contributed by atoms with E-state index in [2.05, 4.69) is 5.92 Å². The van der Waals surface area contributed by atoms with E-state index in [4.69, 9.17) is 21.0 Å². The van der Waals surface area contributed by atoms with Crippen LogP contribution in [0, 0.1) is 12.3 Å². The zero-order chi connectivity index (χ0) is 11.6. The first-order valence-corrected chi connectivity index (χ1v) is 4.70. The van der Waals surface area contributed by atoms with Gasteiger partial charge in [0.05, 0.1) is 6.61 Å². The predicted octanol–water partition coefficient (Wildman–Crippen LogP) is -1.15. The van der Waals surface area contributed by atoms with Crippen LogP contribution >= 0.6 is 0 Å². The van der Waals surface area contributed by atoms with Gasteiger partial charge in [-0.1, -0.05) is 5.92 Å². The Kier molecular flexibility index (Phi) is 3.71. The first kappa shape index (κ1) is 12.4. The van der Waals surface area contributed by atoms with Crippen molar-refractivity contribution in [1.82, 2.24) is 0 Å². The van der Waals surface area contributed by atoms with Gasteiger partial charge in [0.1, 0.15) is 24.4 Å². The molecule has 1 saturated heterocycles. The third-order valence-electron chi connectivity index (χ3n) is 2.21. The topological polar surface area (TPSA) is 79.2 Å². The summed E-state index contributed by atoms with van der Waals surface area (Å²) in [5, 5.41) is 27.8. The van der Waals surface area contributed by atoms with E-state index < -0.39 is 36.8 Å². The van der Waals surface area contributed by atoms with Crippen molar-refractivity contribution in [1.29, 1.82) is 0 Å². The summed E-state index contributed by atoms with van der Waals surface area (Å²) in [5.74, 6) is 1.18. The average Bonchev–Trinajstić information content (AvgIpc) is 2.52. The van der Waals surface area contributed by atoms with Crippen molar-refractivity contribution in [3.63, 3.8) is 0 Å². The minimum atomic E-state index is -1.17. The fraction of sp³-hybridized carbons (Fsp3) is 0.800. The van der Waals surface area contributed by atoms with E-state index in [0.29, 0.717) is 0 Å². The second-order valence-corrected chi connectivity index (χ2v) is 3.93. The minimum absolute atomic E-state index is 0.474. The summed E-state index contributed by atoms with van der Waals surface area (Å²) in [6, 6.07) is 0. The highest BCUT2D eigenvalue weighted by Gasteiger charge is 2.47. The molecule has 0 spiro atoms. The lowest BCUT2D eigenvalue weighted by Gasteiger charge is -2.21. The molecular weight excluding hydrogens is 200 g/mol. The molecule has 1 aliphatic heterocycles. The Hall–Kier alpha value is -0.640. The molecule has 15 heavy (non-hydrogen) atoms. The highest BCUT2D eigenvalue weighted by atomic mass is 16.8. The van der Waals surface area contributed by atoms with Gasteiger partial charge in [-0.2, -0.15) is 0 Å². The fourth-order valence-electron chi connectivity index (χ4n) is 1.56. The van der Waals surface area contributed by atoms with Crippen molar-refractivity contribution in [2.45, 2.75) is 44.1 Å². The normalized spacial score (nSPS) is 33.3. The van der Waals surface area contributed by atoms with Gasteiger partial charge >= 0.3 is 0 Å². The summed E-state index contributed by atoms with van der Waals surface area (Å²) in [6.45, 7) is 2.82. The van der Waals surface area contributed by atoms with Gasteiger partial charge in [0.25, 0.3) is 0 Å². The largest absolute Gasteiger partial charge is 0.394 e. The lowest BCUT2D eigenvalue weighted by molar-refractivity contribution is -0.160. The Bertz CT molecular complexity index is 257. The number of terminal acetylenes is 1. The number of aliphatic hydroxyl groups is 3. The number of aliphatic hydroxyl groups excluding tert-OH is 3. The molecule has 4 atom stereocenters. The van der Waals surface area contributed by atoms with E-state index in [1.54, 1.807) is 13.8 Å². The van der Waals surface area contributed by atoms with E-state index in [0.717, 1.165) is 0 Å². The quantitative estimate of drug-likeness (QED) is 0.519. The molecule has 0 bridgehead atoms. The van der Waals surface area contributed by atoms with Crippen LogP contribution in [0.25, 0.3) is 0 Å². The van der Waals surface area contributed by atoms with Crippen LogP contribution in [0.3, 0.4) is 0 Å². The van der Waals surface area contributed by atoms with Crippen molar-refractivity contribution in [3.8, 4) is 12.3 Å². The van der Waals surface area contributed by atoms with Crippen molar-refractivity contribution >= 4 is 0 Å². The smallest absolute Gasteiger partial charge is 0.164 e. The summed E-state index contributed by atoms with van der Waals surface area (Å²) in [4.78, 5) is 0. The monoisotopic (exact) mass is 216 g/mol. The molecule has 5 heteroatoms. The summed E-state index contributed by atoms with van der Waals surface area (Å²) in [7, 11) is 0. The molecule has 3 N–H and O–H groups in total. The molecule has 1 aliphatic rings. The fourth-order valence-corrected chi connectivity index (χ4v) is 1.56. The Morgan fingerprint density at radius 3 is 2.33 bits per heavy atom. The highest BCUT2D eigenvalue weighted by molar-refractivity contribution is 5.04.